The number of rotatable bonds is 0. The lowest BCUT2D eigenvalue weighted by molar-refractivity contribution is 0.363. The van der Waals surface area contributed by atoms with Gasteiger partial charge in [0.05, 0.1) is 0 Å². The van der Waals surface area contributed by atoms with Gasteiger partial charge in [0.15, 0.2) is 0 Å². The molecule has 0 amide bonds. The number of halogens is 1. The lowest BCUT2D eigenvalue weighted by atomic mass is 10.6. The molecular weight excluding hydrogens is 248 g/mol. The average Bonchev–Trinajstić information content (AvgIpc) is 1.78. The molecule has 2 nitrogen and oxygen atoms in total. The predicted molar refractivity (Wildman–Crippen MR) is 48.9 cm³/mol. The largest absolute Gasteiger partial charge is 0.313 e. The van der Waals surface area contributed by atoms with Gasteiger partial charge in [-0.2, -0.15) is 0 Å². The molecule has 0 unspecified atom stereocenters. The van der Waals surface area contributed by atoms with Gasteiger partial charge < -0.3 is 9.46 Å². The first kappa shape index (κ1) is 8.02. The molecule has 1 heterocycles. The van der Waals surface area contributed by atoms with Crippen LogP contribution in [0.4, 0.5) is 0 Å². The summed E-state index contributed by atoms with van der Waals surface area (Å²) >= 11 is 2.13. The molecule has 0 saturated carbocycles. The Balaban J connectivity index is 2.44. The second kappa shape index (κ2) is 2.89. The smallest absolute Gasteiger partial charge is 0.145 e. The zero-order valence-electron chi connectivity index (χ0n) is 5.51. The summed E-state index contributed by atoms with van der Waals surface area (Å²) < 4.78 is 11.3. The summed E-state index contributed by atoms with van der Waals surface area (Å²) in [6.45, 7) is 2.03. The fraction of sp³-hybridized carbons (Fsp3) is 1.00. The Morgan fingerprint density at radius 2 is 1.89 bits per heavy atom. The van der Waals surface area contributed by atoms with Gasteiger partial charge in [-0.25, -0.2) is 0 Å². The summed E-state index contributed by atoms with van der Waals surface area (Å²) in [4.78, 5) is 0.535. The molecule has 1 aliphatic rings. The van der Waals surface area contributed by atoms with Gasteiger partial charge in [0.2, 0.25) is 0 Å². The van der Waals surface area contributed by atoms with E-state index in [1.807, 2.05) is 0 Å². The molecule has 0 N–H and O–H groups in total. The van der Waals surface area contributed by atoms with Crippen molar-refractivity contribution in [3.8, 4) is 0 Å². The van der Waals surface area contributed by atoms with Crippen LogP contribution in [0.15, 0.2) is 0 Å². The highest BCUT2D eigenvalue weighted by molar-refractivity contribution is 14.2. The fourth-order valence-corrected chi connectivity index (χ4v) is 3.66. The highest BCUT2D eigenvalue weighted by Gasteiger charge is 2.22. The third-order valence-corrected chi connectivity index (χ3v) is 6.26. The third kappa shape index (κ3) is 2.56. The van der Waals surface area contributed by atoms with Gasteiger partial charge in [0.25, 0.3) is 0 Å². The second-order valence-corrected chi connectivity index (χ2v) is 10.3. The van der Waals surface area contributed by atoms with Crippen LogP contribution in [0, 0.1) is 0 Å². The van der Waals surface area contributed by atoms with E-state index in [0.717, 1.165) is 25.4 Å². The summed E-state index contributed by atoms with van der Waals surface area (Å²) in [5, 5.41) is 0. The quantitative estimate of drug-likeness (QED) is 0.487. The second-order valence-electron chi connectivity index (χ2n) is 2.54. The molecule has 9 heavy (non-hydrogen) atoms. The van der Waals surface area contributed by atoms with Crippen molar-refractivity contribution < 1.29 is 4.57 Å². The molecule has 0 aromatic rings. The van der Waals surface area contributed by atoms with Crippen LogP contribution in [0.1, 0.15) is 0 Å². The first-order valence-corrected chi connectivity index (χ1v) is 7.93. The molecule has 1 fully saturated rings. The molecule has 0 bridgehead atoms. The minimum Gasteiger partial charge on any atom is -0.313 e. The average molecular weight is 259 g/mol. The van der Waals surface area contributed by atoms with E-state index < -0.39 is 4.78 Å². The van der Waals surface area contributed by atoms with Crippen molar-refractivity contribution in [1.29, 1.82) is 0 Å². The maximum Gasteiger partial charge on any atom is 0.145 e. The number of hydrogen-bond acceptors (Lipinski definition) is 2. The minimum atomic E-state index is -1.70. The van der Waals surface area contributed by atoms with Gasteiger partial charge in [-0.15, -0.1) is 0 Å². The van der Waals surface area contributed by atoms with Crippen LogP contribution in [0.3, 0.4) is 0 Å². The van der Waals surface area contributed by atoms with E-state index >= 15 is 0 Å². The van der Waals surface area contributed by atoms with Crippen molar-refractivity contribution in [2.45, 2.75) is 0 Å². The van der Waals surface area contributed by atoms with E-state index in [9.17, 15) is 4.57 Å². The van der Waals surface area contributed by atoms with Crippen LogP contribution in [-0.4, -0.2) is 37.4 Å². The van der Waals surface area contributed by atoms with Crippen LogP contribution in [0.25, 0.3) is 0 Å². The van der Waals surface area contributed by atoms with Crippen molar-refractivity contribution in [1.82, 2.24) is 4.90 Å². The topological polar surface area (TPSA) is 20.3 Å². The van der Waals surface area contributed by atoms with E-state index in [2.05, 4.69) is 34.0 Å². The van der Waals surface area contributed by atoms with Crippen LogP contribution >= 0.6 is 26.8 Å². The van der Waals surface area contributed by atoms with E-state index in [4.69, 9.17) is 0 Å². The molecule has 0 aromatic carbocycles. The summed E-state index contributed by atoms with van der Waals surface area (Å²) in [5.41, 5.74) is 0. The highest BCUT2D eigenvalue weighted by atomic mass is 127. The van der Waals surface area contributed by atoms with Crippen molar-refractivity contribution in [3.63, 3.8) is 0 Å². The van der Waals surface area contributed by atoms with Crippen LogP contribution in [0.5, 0.6) is 0 Å². The first-order chi connectivity index (χ1) is 4.10. The van der Waals surface area contributed by atoms with Crippen molar-refractivity contribution >= 4 is 26.8 Å². The Morgan fingerprint density at radius 3 is 2.22 bits per heavy atom. The first-order valence-electron chi connectivity index (χ1n) is 3.06. The molecule has 4 heteroatoms. The minimum absolute atomic E-state index is 0.907. The number of hydrogen-bond donors (Lipinski definition) is 0. The predicted octanol–water partition coefficient (Wildman–Crippen LogP) is 1.64. The Kier molecular flexibility index (Phi) is 2.57. The van der Waals surface area contributed by atoms with Gasteiger partial charge in [-0.3, -0.25) is 0 Å². The molecule has 0 spiro atoms. The summed E-state index contributed by atoms with van der Waals surface area (Å²) in [6, 6.07) is 0. The SMILES string of the molecule is CN1CCP(=O)(I)CC1. The van der Waals surface area contributed by atoms with E-state index in [0.29, 0.717) is 0 Å². The molecule has 54 valence electrons. The van der Waals surface area contributed by atoms with Crippen molar-refractivity contribution in [2.24, 2.45) is 0 Å². The van der Waals surface area contributed by atoms with Crippen LogP contribution in [0.2, 0.25) is 0 Å². The molecule has 1 aliphatic heterocycles. The lowest BCUT2D eigenvalue weighted by Gasteiger charge is -2.25. The molecule has 0 radical (unpaired) electrons. The fourth-order valence-electron chi connectivity index (χ4n) is 0.864. The molecule has 1 rings (SSSR count). The Hall–Kier alpha value is 0.920. The molecule has 1 saturated heterocycles. The van der Waals surface area contributed by atoms with Gasteiger partial charge in [-0.05, 0) is 29.1 Å². The standard InChI is InChI=1S/C5H11INOP/c1-7-2-4-9(6,8)5-3-7/h2-5H2,1H3. The monoisotopic (exact) mass is 259 g/mol. The van der Waals surface area contributed by atoms with E-state index in [1.54, 1.807) is 0 Å². The molecule has 0 aromatic heterocycles. The Bertz CT molecular complexity index is 138. The zero-order chi connectivity index (χ0) is 6.91. The molecule has 0 atom stereocenters. The Labute approximate surface area is 68.8 Å². The van der Waals surface area contributed by atoms with Crippen molar-refractivity contribution in [2.75, 3.05) is 32.5 Å². The Morgan fingerprint density at radius 1 is 1.44 bits per heavy atom. The van der Waals surface area contributed by atoms with Gasteiger partial charge in [0, 0.05) is 25.4 Å². The zero-order valence-corrected chi connectivity index (χ0v) is 8.56. The lowest BCUT2D eigenvalue weighted by Crippen LogP contribution is -2.29. The highest BCUT2D eigenvalue weighted by Crippen LogP contribution is 2.55. The van der Waals surface area contributed by atoms with Gasteiger partial charge in [0.1, 0.15) is 4.78 Å². The van der Waals surface area contributed by atoms with Crippen LogP contribution in [-0.2, 0) is 4.57 Å². The van der Waals surface area contributed by atoms with Gasteiger partial charge in [-0.1, -0.05) is 0 Å². The maximum absolute atomic E-state index is 11.3. The maximum atomic E-state index is 11.3. The summed E-state index contributed by atoms with van der Waals surface area (Å²) in [6.07, 6.45) is 1.81. The van der Waals surface area contributed by atoms with E-state index in [1.165, 1.54) is 0 Å². The van der Waals surface area contributed by atoms with E-state index in [-0.39, 0.29) is 0 Å². The van der Waals surface area contributed by atoms with Crippen LogP contribution < -0.4 is 0 Å². The number of nitrogens with zero attached hydrogens (tertiary/aromatic N) is 1. The molecular formula is C5H11INOP. The summed E-state index contributed by atoms with van der Waals surface area (Å²) in [7, 11) is 2.08. The normalized spacial score (nSPS) is 28.2. The molecule has 0 aliphatic carbocycles. The van der Waals surface area contributed by atoms with Gasteiger partial charge >= 0.3 is 0 Å². The van der Waals surface area contributed by atoms with Crippen molar-refractivity contribution in [3.05, 3.63) is 0 Å². The summed E-state index contributed by atoms with van der Waals surface area (Å²) in [5.74, 6) is 0. The third-order valence-electron chi connectivity index (χ3n) is 1.63.